The van der Waals surface area contributed by atoms with Crippen molar-refractivity contribution in [1.82, 2.24) is 15.2 Å². The highest BCUT2D eigenvalue weighted by Crippen LogP contribution is 2.20. The van der Waals surface area contributed by atoms with Gasteiger partial charge in [0.05, 0.1) is 5.69 Å². The van der Waals surface area contributed by atoms with Crippen molar-refractivity contribution < 1.29 is 0 Å². The first-order chi connectivity index (χ1) is 9.31. The van der Waals surface area contributed by atoms with E-state index in [4.69, 9.17) is 0 Å². The molecule has 0 amide bonds. The molecule has 0 aliphatic carbocycles. The molecule has 0 spiro atoms. The number of rotatable bonds is 7. The van der Waals surface area contributed by atoms with Gasteiger partial charge in [0, 0.05) is 24.8 Å². The lowest BCUT2D eigenvalue weighted by Gasteiger charge is -2.31. The molecule has 0 saturated carbocycles. The molecule has 2 atom stereocenters. The molecule has 19 heavy (non-hydrogen) atoms. The summed E-state index contributed by atoms with van der Waals surface area (Å²) < 4.78 is 0. The lowest BCUT2D eigenvalue weighted by atomic mass is 10.1. The average molecular weight is 261 g/mol. The minimum atomic E-state index is 0.412. The Kier molecular flexibility index (Phi) is 5.80. The standard InChI is InChI=1S/C16H27N3/c1-3-4-12-19(13-15-8-7-11-17-15)14(2)16-9-5-6-10-18-16/h5-6,9-10,14-15,17H,3-4,7-8,11-13H2,1-2H3. The van der Waals surface area contributed by atoms with Gasteiger partial charge in [0.2, 0.25) is 0 Å². The Balaban J connectivity index is 1.98. The zero-order valence-corrected chi connectivity index (χ0v) is 12.3. The first-order valence-corrected chi connectivity index (χ1v) is 7.69. The second-order valence-electron chi connectivity index (χ2n) is 5.57. The molecule has 0 bridgehead atoms. The van der Waals surface area contributed by atoms with Crippen molar-refractivity contribution in [1.29, 1.82) is 0 Å². The highest BCUT2D eigenvalue weighted by Gasteiger charge is 2.22. The van der Waals surface area contributed by atoms with E-state index in [0.717, 1.165) is 6.54 Å². The van der Waals surface area contributed by atoms with Crippen molar-refractivity contribution in [2.24, 2.45) is 0 Å². The second-order valence-corrected chi connectivity index (χ2v) is 5.57. The van der Waals surface area contributed by atoms with Gasteiger partial charge in [0.1, 0.15) is 0 Å². The van der Waals surface area contributed by atoms with Crippen LogP contribution in [-0.2, 0) is 0 Å². The molecule has 0 radical (unpaired) electrons. The Bertz CT molecular complexity index is 346. The number of unbranched alkanes of at least 4 members (excludes halogenated alkanes) is 1. The predicted molar refractivity (Wildman–Crippen MR) is 80.2 cm³/mol. The van der Waals surface area contributed by atoms with Crippen LogP contribution in [0, 0.1) is 0 Å². The maximum Gasteiger partial charge on any atom is 0.0572 e. The van der Waals surface area contributed by atoms with Crippen LogP contribution in [0.15, 0.2) is 24.4 Å². The summed E-state index contributed by atoms with van der Waals surface area (Å²) in [6.45, 7) is 8.05. The van der Waals surface area contributed by atoms with Crippen LogP contribution in [0.3, 0.4) is 0 Å². The molecule has 1 fully saturated rings. The number of nitrogens with zero attached hydrogens (tertiary/aromatic N) is 2. The quantitative estimate of drug-likeness (QED) is 0.818. The van der Waals surface area contributed by atoms with Gasteiger partial charge in [-0.2, -0.15) is 0 Å². The van der Waals surface area contributed by atoms with E-state index in [1.54, 1.807) is 0 Å². The lowest BCUT2D eigenvalue weighted by molar-refractivity contribution is 0.186. The number of hydrogen-bond donors (Lipinski definition) is 1. The minimum Gasteiger partial charge on any atom is -0.313 e. The summed E-state index contributed by atoms with van der Waals surface area (Å²) in [4.78, 5) is 7.11. The zero-order chi connectivity index (χ0) is 13.5. The van der Waals surface area contributed by atoms with Gasteiger partial charge in [-0.15, -0.1) is 0 Å². The molecule has 3 nitrogen and oxygen atoms in total. The molecule has 2 heterocycles. The van der Waals surface area contributed by atoms with Crippen molar-refractivity contribution in [3.05, 3.63) is 30.1 Å². The van der Waals surface area contributed by atoms with Gasteiger partial charge in [-0.3, -0.25) is 9.88 Å². The fraction of sp³-hybridized carbons (Fsp3) is 0.688. The van der Waals surface area contributed by atoms with E-state index in [0.29, 0.717) is 12.1 Å². The molecular formula is C16H27N3. The third-order valence-electron chi connectivity index (χ3n) is 4.08. The molecule has 1 aromatic heterocycles. The van der Waals surface area contributed by atoms with E-state index in [-0.39, 0.29) is 0 Å². The Morgan fingerprint density at radius 2 is 2.37 bits per heavy atom. The molecule has 106 valence electrons. The van der Waals surface area contributed by atoms with E-state index >= 15 is 0 Å². The van der Waals surface area contributed by atoms with Crippen molar-refractivity contribution in [2.75, 3.05) is 19.6 Å². The van der Waals surface area contributed by atoms with Crippen LogP contribution >= 0.6 is 0 Å². The summed E-state index contributed by atoms with van der Waals surface area (Å²) >= 11 is 0. The zero-order valence-electron chi connectivity index (χ0n) is 12.3. The van der Waals surface area contributed by atoms with Crippen LogP contribution in [0.1, 0.15) is 51.3 Å². The number of nitrogens with one attached hydrogen (secondary N) is 1. The summed E-state index contributed by atoms with van der Waals surface area (Å²) in [5.41, 5.74) is 1.19. The molecule has 1 N–H and O–H groups in total. The van der Waals surface area contributed by atoms with Gasteiger partial charge in [-0.05, 0) is 51.4 Å². The maximum atomic E-state index is 4.52. The Hall–Kier alpha value is -0.930. The molecule has 2 unspecified atom stereocenters. The largest absolute Gasteiger partial charge is 0.313 e. The Morgan fingerprint density at radius 3 is 3.00 bits per heavy atom. The Morgan fingerprint density at radius 1 is 1.47 bits per heavy atom. The fourth-order valence-electron chi connectivity index (χ4n) is 2.81. The van der Waals surface area contributed by atoms with E-state index in [1.807, 2.05) is 12.3 Å². The third kappa shape index (κ3) is 4.29. The van der Waals surface area contributed by atoms with E-state index in [9.17, 15) is 0 Å². The van der Waals surface area contributed by atoms with Crippen LogP contribution in [0.4, 0.5) is 0 Å². The highest BCUT2D eigenvalue weighted by atomic mass is 15.2. The monoisotopic (exact) mass is 261 g/mol. The van der Waals surface area contributed by atoms with Crippen molar-refractivity contribution >= 4 is 0 Å². The van der Waals surface area contributed by atoms with Crippen LogP contribution in [0.5, 0.6) is 0 Å². The van der Waals surface area contributed by atoms with Crippen LogP contribution < -0.4 is 5.32 Å². The highest BCUT2D eigenvalue weighted by molar-refractivity contribution is 5.08. The van der Waals surface area contributed by atoms with Crippen LogP contribution in [-0.4, -0.2) is 35.6 Å². The summed E-state index contributed by atoms with van der Waals surface area (Å²) in [7, 11) is 0. The van der Waals surface area contributed by atoms with E-state index in [1.165, 1.54) is 44.5 Å². The van der Waals surface area contributed by atoms with Gasteiger partial charge < -0.3 is 5.32 Å². The summed E-state index contributed by atoms with van der Waals surface area (Å²) in [5, 5.41) is 3.61. The molecule has 1 saturated heterocycles. The summed E-state index contributed by atoms with van der Waals surface area (Å²) in [6.07, 6.45) is 7.06. The molecule has 3 heteroatoms. The first-order valence-electron chi connectivity index (χ1n) is 7.69. The van der Waals surface area contributed by atoms with Crippen molar-refractivity contribution in [3.8, 4) is 0 Å². The molecule has 0 aromatic carbocycles. The van der Waals surface area contributed by atoms with E-state index in [2.05, 4.69) is 41.2 Å². The summed E-state index contributed by atoms with van der Waals surface area (Å²) in [6, 6.07) is 7.31. The predicted octanol–water partition coefficient (Wildman–Crippen LogP) is 3.00. The third-order valence-corrected chi connectivity index (χ3v) is 4.08. The van der Waals surface area contributed by atoms with Crippen LogP contribution in [0.25, 0.3) is 0 Å². The van der Waals surface area contributed by atoms with Crippen molar-refractivity contribution in [3.63, 3.8) is 0 Å². The molecule has 1 aromatic rings. The summed E-state index contributed by atoms with van der Waals surface area (Å²) in [5.74, 6) is 0. The Labute approximate surface area is 117 Å². The van der Waals surface area contributed by atoms with Gasteiger partial charge in [-0.1, -0.05) is 19.4 Å². The van der Waals surface area contributed by atoms with Crippen LogP contribution in [0.2, 0.25) is 0 Å². The molecular weight excluding hydrogens is 234 g/mol. The van der Waals surface area contributed by atoms with Crippen molar-refractivity contribution in [2.45, 2.75) is 51.6 Å². The SMILES string of the molecule is CCCCN(CC1CCCN1)C(C)c1ccccn1. The van der Waals surface area contributed by atoms with E-state index < -0.39 is 0 Å². The normalized spacial score (nSPS) is 20.9. The average Bonchev–Trinajstić information content (AvgIpc) is 2.96. The number of hydrogen-bond acceptors (Lipinski definition) is 3. The minimum absolute atomic E-state index is 0.412. The molecule has 1 aliphatic rings. The number of aromatic nitrogens is 1. The van der Waals surface area contributed by atoms with Gasteiger partial charge >= 0.3 is 0 Å². The topological polar surface area (TPSA) is 28.2 Å². The molecule has 1 aliphatic heterocycles. The first kappa shape index (κ1) is 14.5. The molecule has 2 rings (SSSR count). The lowest BCUT2D eigenvalue weighted by Crippen LogP contribution is -2.39. The van der Waals surface area contributed by atoms with Gasteiger partial charge in [0.15, 0.2) is 0 Å². The second kappa shape index (κ2) is 7.61. The van der Waals surface area contributed by atoms with Gasteiger partial charge in [-0.25, -0.2) is 0 Å². The van der Waals surface area contributed by atoms with Gasteiger partial charge in [0.25, 0.3) is 0 Å². The smallest absolute Gasteiger partial charge is 0.0572 e. The maximum absolute atomic E-state index is 4.52. The fourth-order valence-corrected chi connectivity index (χ4v) is 2.81. The number of pyridine rings is 1.